The van der Waals surface area contributed by atoms with Gasteiger partial charge in [-0.15, -0.1) is 0 Å². The summed E-state index contributed by atoms with van der Waals surface area (Å²) in [5.41, 5.74) is 0. The Hall–Kier alpha value is -0.0800. The van der Waals surface area contributed by atoms with Crippen molar-refractivity contribution in [1.82, 2.24) is 10.2 Å². The molecule has 0 bridgehead atoms. The molecule has 0 aromatic carbocycles. The van der Waals surface area contributed by atoms with Gasteiger partial charge in [-0.1, -0.05) is 19.8 Å². The molecule has 2 fully saturated rings. The second kappa shape index (κ2) is 6.02. The lowest BCUT2D eigenvalue weighted by molar-refractivity contribution is 0.135. The van der Waals surface area contributed by atoms with Gasteiger partial charge in [-0.3, -0.25) is 4.90 Å². The van der Waals surface area contributed by atoms with E-state index in [-0.39, 0.29) is 0 Å². The highest BCUT2D eigenvalue weighted by Gasteiger charge is 2.22. The molecule has 1 N–H and O–H groups in total. The quantitative estimate of drug-likeness (QED) is 0.790. The molecule has 0 amide bonds. The van der Waals surface area contributed by atoms with Crippen LogP contribution < -0.4 is 5.32 Å². The minimum atomic E-state index is 0.725. The number of piperidine rings is 1. The van der Waals surface area contributed by atoms with Gasteiger partial charge in [-0.25, -0.2) is 0 Å². The number of nitrogens with zero attached hydrogens (tertiary/aromatic N) is 1. The minimum Gasteiger partial charge on any atom is -0.312 e. The Morgan fingerprint density at radius 1 is 1.19 bits per heavy atom. The van der Waals surface area contributed by atoms with Crippen molar-refractivity contribution in [3.8, 4) is 0 Å². The molecule has 94 valence electrons. The van der Waals surface area contributed by atoms with E-state index in [4.69, 9.17) is 0 Å². The van der Waals surface area contributed by atoms with Crippen LogP contribution in [-0.2, 0) is 0 Å². The van der Waals surface area contributed by atoms with E-state index in [0.29, 0.717) is 0 Å². The molecule has 0 aromatic heterocycles. The Kier molecular flexibility index (Phi) is 4.66. The zero-order valence-electron chi connectivity index (χ0n) is 11.0. The molecule has 2 aliphatic rings. The summed E-state index contributed by atoms with van der Waals surface area (Å²) in [6.45, 7) is 8.60. The second-order valence-corrected chi connectivity index (χ2v) is 5.98. The van der Waals surface area contributed by atoms with Gasteiger partial charge in [0.05, 0.1) is 0 Å². The van der Waals surface area contributed by atoms with Crippen molar-refractivity contribution in [3.05, 3.63) is 0 Å². The van der Waals surface area contributed by atoms with Gasteiger partial charge in [0, 0.05) is 25.2 Å². The predicted octanol–water partition coefficient (Wildman–Crippen LogP) is 2.64. The van der Waals surface area contributed by atoms with Crippen LogP contribution in [0, 0.1) is 5.92 Å². The highest BCUT2D eigenvalue weighted by molar-refractivity contribution is 4.79. The normalized spacial score (nSPS) is 30.8. The van der Waals surface area contributed by atoms with E-state index in [9.17, 15) is 0 Å². The Balaban J connectivity index is 1.67. The molecule has 0 radical (unpaired) electrons. The van der Waals surface area contributed by atoms with Crippen LogP contribution in [0.5, 0.6) is 0 Å². The SMILES string of the molecule is CC1CCCN(C(C)CNC2CCCC2)C1. The lowest BCUT2D eigenvalue weighted by Crippen LogP contribution is -2.46. The molecule has 2 unspecified atom stereocenters. The lowest BCUT2D eigenvalue weighted by Gasteiger charge is -2.36. The summed E-state index contributed by atoms with van der Waals surface area (Å²) in [4.78, 5) is 2.68. The monoisotopic (exact) mass is 224 g/mol. The summed E-state index contributed by atoms with van der Waals surface area (Å²) in [6, 6.07) is 1.55. The van der Waals surface area contributed by atoms with Crippen LogP contribution in [0.2, 0.25) is 0 Å². The molecule has 1 aliphatic heterocycles. The van der Waals surface area contributed by atoms with Crippen molar-refractivity contribution in [3.63, 3.8) is 0 Å². The summed E-state index contributed by atoms with van der Waals surface area (Å²) in [5, 5.41) is 3.75. The smallest absolute Gasteiger partial charge is 0.0192 e. The first kappa shape index (κ1) is 12.4. The first-order valence-corrected chi connectivity index (χ1v) is 7.23. The first-order chi connectivity index (χ1) is 7.75. The van der Waals surface area contributed by atoms with Crippen molar-refractivity contribution >= 4 is 0 Å². The summed E-state index contributed by atoms with van der Waals surface area (Å²) < 4.78 is 0. The van der Waals surface area contributed by atoms with Gasteiger partial charge in [-0.05, 0) is 45.1 Å². The summed E-state index contributed by atoms with van der Waals surface area (Å²) in [7, 11) is 0. The molecule has 1 heterocycles. The topological polar surface area (TPSA) is 15.3 Å². The van der Waals surface area contributed by atoms with E-state index >= 15 is 0 Å². The average Bonchev–Trinajstić information content (AvgIpc) is 2.78. The predicted molar refractivity (Wildman–Crippen MR) is 69.7 cm³/mol. The third-order valence-electron chi connectivity index (χ3n) is 4.37. The molecule has 2 nitrogen and oxygen atoms in total. The van der Waals surface area contributed by atoms with E-state index in [2.05, 4.69) is 24.1 Å². The van der Waals surface area contributed by atoms with Crippen molar-refractivity contribution < 1.29 is 0 Å². The molecule has 1 saturated heterocycles. The zero-order valence-corrected chi connectivity index (χ0v) is 11.0. The molecule has 16 heavy (non-hydrogen) atoms. The Labute approximate surface area is 101 Å². The Morgan fingerprint density at radius 3 is 2.62 bits per heavy atom. The lowest BCUT2D eigenvalue weighted by atomic mass is 9.99. The number of nitrogens with one attached hydrogen (secondary N) is 1. The van der Waals surface area contributed by atoms with Crippen molar-refractivity contribution in [2.75, 3.05) is 19.6 Å². The van der Waals surface area contributed by atoms with Crippen molar-refractivity contribution in [2.24, 2.45) is 5.92 Å². The van der Waals surface area contributed by atoms with E-state index in [1.807, 2.05) is 0 Å². The zero-order chi connectivity index (χ0) is 11.4. The van der Waals surface area contributed by atoms with Crippen LogP contribution >= 0.6 is 0 Å². The van der Waals surface area contributed by atoms with Crippen LogP contribution in [0.1, 0.15) is 52.4 Å². The number of rotatable bonds is 4. The van der Waals surface area contributed by atoms with Gasteiger partial charge in [-0.2, -0.15) is 0 Å². The fourth-order valence-electron chi connectivity index (χ4n) is 3.22. The van der Waals surface area contributed by atoms with E-state index < -0.39 is 0 Å². The average molecular weight is 224 g/mol. The third-order valence-corrected chi connectivity index (χ3v) is 4.37. The molecule has 2 heteroatoms. The van der Waals surface area contributed by atoms with Gasteiger partial charge in [0.25, 0.3) is 0 Å². The first-order valence-electron chi connectivity index (χ1n) is 7.23. The molecule has 0 spiro atoms. The molecular weight excluding hydrogens is 196 g/mol. The molecule has 2 atom stereocenters. The van der Waals surface area contributed by atoms with E-state index in [1.54, 1.807) is 0 Å². The highest BCUT2D eigenvalue weighted by atomic mass is 15.2. The number of likely N-dealkylation sites (tertiary alicyclic amines) is 1. The van der Waals surface area contributed by atoms with Crippen molar-refractivity contribution in [1.29, 1.82) is 0 Å². The maximum atomic E-state index is 3.75. The van der Waals surface area contributed by atoms with Gasteiger partial charge in [0.2, 0.25) is 0 Å². The molecular formula is C14H28N2. The largest absolute Gasteiger partial charge is 0.312 e. The van der Waals surface area contributed by atoms with E-state index in [0.717, 1.165) is 18.0 Å². The summed E-state index contributed by atoms with van der Waals surface area (Å²) in [6.07, 6.45) is 8.51. The fraction of sp³-hybridized carbons (Fsp3) is 1.00. The summed E-state index contributed by atoms with van der Waals surface area (Å²) >= 11 is 0. The summed E-state index contributed by atoms with van der Waals surface area (Å²) in [5.74, 6) is 0.905. The second-order valence-electron chi connectivity index (χ2n) is 5.98. The molecule has 1 saturated carbocycles. The molecule has 0 aromatic rings. The van der Waals surface area contributed by atoms with Crippen LogP contribution in [0.4, 0.5) is 0 Å². The number of hydrogen-bond donors (Lipinski definition) is 1. The highest BCUT2D eigenvalue weighted by Crippen LogP contribution is 2.19. The standard InChI is InChI=1S/C14H28N2/c1-12-6-5-9-16(11-12)13(2)10-15-14-7-3-4-8-14/h12-15H,3-11H2,1-2H3. The maximum Gasteiger partial charge on any atom is 0.0192 e. The fourth-order valence-corrected chi connectivity index (χ4v) is 3.22. The van der Waals surface area contributed by atoms with Gasteiger partial charge < -0.3 is 5.32 Å². The maximum absolute atomic E-state index is 3.75. The van der Waals surface area contributed by atoms with Gasteiger partial charge >= 0.3 is 0 Å². The Bertz CT molecular complexity index is 199. The molecule has 2 rings (SSSR count). The van der Waals surface area contributed by atoms with Gasteiger partial charge in [0.15, 0.2) is 0 Å². The van der Waals surface area contributed by atoms with E-state index in [1.165, 1.54) is 58.2 Å². The Morgan fingerprint density at radius 2 is 1.94 bits per heavy atom. The third kappa shape index (κ3) is 3.46. The number of hydrogen-bond acceptors (Lipinski definition) is 2. The van der Waals surface area contributed by atoms with Gasteiger partial charge in [0.1, 0.15) is 0 Å². The molecule has 1 aliphatic carbocycles. The van der Waals surface area contributed by atoms with Crippen molar-refractivity contribution in [2.45, 2.75) is 64.5 Å². The van der Waals surface area contributed by atoms with Crippen LogP contribution in [-0.4, -0.2) is 36.6 Å². The van der Waals surface area contributed by atoms with Crippen LogP contribution in [0.3, 0.4) is 0 Å². The van der Waals surface area contributed by atoms with Crippen LogP contribution in [0.15, 0.2) is 0 Å². The minimum absolute atomic E-state index is 0.725. The van der Waals surface area contributed by atoms with Crippen LogP contribution in [0.25, 0.3) is 0 Å².